The summed E-state index contributed by atoms with van der Waals surface area (Å²) < 4.78 is 2.00. The third-order valence-corrected chi connectivity index (χ3v) is 4.39. The van der Waals surface area contributed by atoms with Gasteiger partial charge in [-0.15, -0.1) is 0 Å². The van der Waals surface area contributed by atoms with Crippen LogP contribution in [0.2, 0.25) is 0 Å². The van der Waals surface area contributed by atoms with E-state index in [1.807, 2.05) is 18.7 Å². The Hall–Kier alpha value is -1.03. The minimum Gasteiger partial charge on any atom is -0.353 e. The van der Waals surface area contributed by atoms with E-state index in [9.17, 15) is 0 Å². The number of aryl methyl sites for hydroxylation is 2. The second kappa shape index (κ2) is 4.92. The maximum Gasteiger partial charge on any atom is 0.131 e. The Labute approximate surface area is 110 Å². The van der Waals surface area contributed by atoms with Crippen molar-refractivity contribution in [3.8, 4) is 0 Å². The van der Waals surface area contributed by atoms with E-state index in [0.29, 0.717) is 12.6 Å². The first kappa shape index (κ1) is 13.4. The predicted molar refractivity (Wildman–Crippen MR) is 75.6 cm³/mol. The third-order valence-electron chi connectivity index (χ3n) is 4.39. The van der Waals surface area contributed by atoms with Crippen LogP contribution in [0.1, 0.15) is 38.4 Å². The van der Waals surface area contributed by atoms with Crippen molar-refractivity contribution in [3.05, 3.63) is 11.3 Å². The number of aromatic nitrogens is 2. The lowest BCUT2D eigenvalue weighted by molar-refractivity contribution is 0.293. The van der Waals surface area contributed by atoms with Crippen LogP contribution in [0.4, 0.5) is 5.82 Å². The molecule has 0 radical (unpaired) electrons. The number of piperidine rings is 1. The van der Waals surface area contributed by atoms with E-state index in [1.54, 1.807) is 0 Å². The van der Waals surface area contributed by atoms with Gasteiger partial charge in [-0.3, -0.25) is 4.68 Å². The fourth-order valence-electron chi connectivity index (χ4n) is 3.28. The van der Waals surface area contributed by atoms with Gasteiger partial charge in [-0.25, -0.2) is 0 Å². The Kier molecular flexibility index (Phi) is 3.66. The zero-order valence-electron chi connectivity index (χ0n) is 12.3. The predicted octanol–water partition coefficient (Wildman–Crippen LogP) is 2.06. The average molecular weight is 250 g/mol. The molecule has 1 aliphatic heterocycles. The van der Waals surface area contributed by atoms with E-state index in [1.165, 1.54) is 17.8 Å². The molecule has 0 saturated carbocycles. The normalized spacial score (nSPS) is 28.8. The summed E-state index contributed by atoms with van der Waals surface area (Å²) in [7, 11) is 2.03. The highest BCUT2D eigenvalue weighted by atomic mass is 15.4. The highest BCUT2D eigenvalue weighted by Gasteiger charge is 2.32. The summed E-state index contributed by atoms with van der Waals surface area (Å²) >= 11 is 0. The molecule has 2 heterocycles. The minimum atomic E-state index is 0.557. The molecule has 3 atom stereocenters. The molecular formula is C14H26N4. The Morgan fingerprint density at radius 2 is 2.00 bits per heavy atom. The first-order valence-corrected chi connectivity index (χ1v) is 6.94. The van der Waals surface area contributed by atoms with E-state index < -0.39 is 0 Å². The fourth-order valence-corrected chi connectivity index (χ4v) is 3.28. The molecule has 0 spiro atoms. The van der Waals surface area contributed by atoms with Crippen LogP contribution in [0, 0.1) is 18.8 Å². The highest BCUT2D eigenvalue weighted by molar-refractivity contribution is 5.51. The van der Waals surface area contributed by atoms with Crippen molar-refractivity contribution >= 4 is 5.82 Å². The van der Waals surface area contributed by atoms with Crippen molar-refractivity contribution in [2.45, 2.75) is 46.7 Å². The van der Waals surface area contributed by atoms with Crippen molar-refractivity contribution in [2.75, 3.05) is 11.4 Å². The lowest BCUT2D eigenvalue weighted by atomic mass is 9.86. The molecular weight excluding hydrogens is 224 g/mol. The zero-order valence-corrected chi connectivity index (χ0v) is 12.3. The average Bonchev–Trinajstić information content (AvgIpc) is 2.58. The molecule has 1 aromatic heterocycles. The maximum atomic E-state index is 5.91. The van der Waals surface area contributed by atoms with Gasteiger partial charge in [0.1, 0.15) is 5.82 Å². The van der Waals surface area contributed by atoms with Crippen LogP contribution in [-0.2, 0) is 13.6 Å². The Balaban J connectivity index is 2.40. The zero-order chi connectivity index (χ0) is 13.4. The number of hydrogen-bond donors (Lipinski definition) is 1. The van der Waals surface area contributed by atoms with E-state index in [2.05, 4.69) is 30.8 Å². The number of anilines is 1. The molecule has 0 bridgehead atoms. The van der Waals surface area contributed by atoms with Crippen LogP contribution in [-0.4, -0.2) is 22.4 Å². The van der Waals surface area contributed by atoms with Gasteiger partial charge >= 0.3 is 0 Å². The first-order chi connectivity index (χ1) is 8.45. The van der Waals surface area contributed by atoms with Gasteiger partial charge in [0.05, 0.1) is 5.69 Å². The molecule has 0 aliphatic carbocycles. The number of hydrogen-bond acceptors (Lipinski definition) is 3. The largest absolute Gasteiger partial charge is 0.353 e. The fraction of sp³-hybridized carbons (Fsp3) is 0.786. The molecule has 0 aromatic carbocycles. The summed E-state index contributed by atoms with van der Waals surface area (Å²) in [5.41, 5.74) is 8.17. The minimum absolute atomic E-state index is 0.557. The van der Waals surface area contributed by atoms with Crippen molar-refractivity contribution in [3.63, 3.8) is 0 Å². The summed E-state index contributed by atoms with van der Waals surface area (Å²) in [6.07, 6.45) is 1.31. The Morgan fingerprint density at radius 1 is 1.33 bits per heavy atom. The summed E-state index contributed by atoms with van der Waals surface area (Å²) in [5.74, 6) is 2.67. The monoisotopic (exact) mass is 250 g/mol. The van der Waals surface area contributed by atoms with Crippen molar-refractivity contribution < 1.29 is 0 Å². The quantitative estimate of drug-likeness (QED) is 0.874. The van der Waals surface area contributed by atoms with Gasteiger partial charge in [-0.2, -0.15) is 5.10 Å². The van der Waals surface area contributed by atoms with Crippen LogP contribution in [0.25, 0.3) is 0 Å². The summed E-state index contributed by atoms with van der Waals surface area (Å²) in [4.78, 5) is 2.50. The van der Waals surface area contributed by atoms with Gasteiger partial charge in [0.25, 0.3) is 0 Å². The SMILES string of the molecule is Cc1nn(C)c(N2CC(C)CC(C)C2C)c1CN. The topological polar surface area (TPSA) is 47.1 Å². The molecule has 4 heteroatoms. The molecule has 0 amide bonds. The van der Waals surface area contributed by atoms with E-state index >= 15 is 0 Å². The molecule has 1 saturated heterocycles. The second-order valence-corrected chi connectivity index (χ2v) is 5.93. The molecule has 102 valence electrons. The Bertz CT molecular complexity index is 424. The van der Waals surface area contributed by atoms with Crippen molar-refractivity contribution in [2.24, 2.45) is 24.6 Å². The molecule has 2 N–H and O–H groups in total. The van der Waals surface area contributed by atoms with Crippen LogP contribution >= 0.6 is 0 Å². The lowest BCUT2D eigenvalue weighted by Crippen LogP contribution is -2.47. The Morgan fingerprint density at radius 3 is 2.61 bits per heavy atom. The standard InChI is InChI=1S/C14H26N4/c1-9-6-10(2)12(4)18(8-9)14-13(7-15)11(3)16-17(14)5/h9-10,12H,6-8,15H2,1-5H3. The summed E-state index contributed by atoms with van der Waals surface area (Å²) in [5, 5.41) is 4.54. The van der Waals surface area contributed by atoms with E-state index in [-0.39, 0.29) is 0 Å². The van der Waals surface area contributed by atoms with Gasteiger partial charge in [0, 0.05) is 31.7 Å². The van der Waals surface area contributed by atoms with Crippen LogP contribution in [0.15, 0.2) is 0 Å². The van der Waals surface area contributed by atoms with Crippen molar-refractivity contribution in [1.29, 1.82) is 0 Å². The van der Waals surface area contributed by atoms with Gasteiger partial charge < -0.3 is 10.6 Å². The molecule has 3 unspecified atom stereocenters. The van der Waals surface area contributed by atoms with E-state index in [4.69, 9.17) is 5.73 Å². The maximum absolute atomic E-state index is 5.91. The third kappa shape index (κ3) is 2.14. The molecule has 1 fully saturated rings. The van der Waals surface area contributed by atoms with Gasteiger partial charge in [-0.1, -0.05) is 13.8 Å². The number of rotatable bonds is 2. The number of nitrogens with zero attached hydrogens (tertiary/aromatic N) is 3. The highest BCUT2D eigenvalue weighted by Crippen LogP contribution is 2.33. The number of nitrogens with two attached hydrogens (primary N) is 1. The van der Waals surface area contributed by atoms with Crippen LogP contribution in [0.3, 0.4) is 0 Å². The van der Waals surface area contributed by atoms with Gasteiger partial charge in [0.15, 0.2) is 0 Å². The van der Waals surface area contributed by atoms with E-state index in [0.717, 1.165) is 24.1 Å². The molecule has 18 heavy (non-hydrogen) atoms. The molecule has 4 nitrogen and oxygen atoms in total. The summed E-state index contributed by atoms with van der Waals surface area (Å²) in [6, 6.07) is 0.557. The molecule has 2 rings (SSSR count). The molecule has 1 aromatic rings. The second-order valence-electron chi connectivity index (χ2n) is 5.93. The van der Waals surface area contributed by atoms with Gasteiger partial charge in [0.2, 0.25) is 0 Å². The van der Waals surface area contributed by atoms with Crippen molar-refractivity contribution in [1.82, 2.24) is 9.78 Å². The van der Waals surface area contributed by atoms with Crippen LogP contribution < -0.4 is 10.6 Å². The first-order valence-electron chi connectivity index (χ1n) is 6.94. The lowest BCUT2D eigenvalue weighted by Gasteiger charge is -2.42. The van der Waals surface area contributed by atoms with Gasteiger partial charge in [-0.05, 0) is 32.1 Å². The smallest absolute Gasteiger partial charge is 0.131 e. The summed E-state index contributed by atoms with van der Waals surface area (Å²) in [6.45, 7) is 10.7. The van der Waals surface area contributed by atoms with Crippen LogP contribution in [0.5, 0.6) is 0 Å². The molecule has 1 aliphatic rings.